The van der Waals surface area contributed by atoms with Crippen LogP contribution in [0.25, 0.3) is 23.1 Å². The van der Waals surface area contributed by atoms with E-state index in [1.807, 2.05) is 55.8 Å². The number of rotatable bonds is 4. The Morgan fingerprint density at radius 3 is 2.60 bits per heavy atom. The summed E-state index contributed by atoms with van der Waals surface area (Å²) < 4.78 is 1.95. The van der Waals surface area contributed by atoms with Crippen molar-refractivity contribution in [2.24, 2.45) is 0 Å². The van der Waals surface area contributed by atoms with Gasteiger partial charge in [-0.3, -0.25) is 4.68 Å². The van der Waals surface area contributed by atoms with Gasteiger partial charge in [-0.15, -0.1) is 0 Å². The van der Waals surface area contributed by atoms with Crippen molar-refractivity contribution in [3.05, 3.63) is 58.0 Å². The second kappa shape index (κ2) is 6.51. The molecule has 2 aromatic heterocycles. The summed E-state index contributed by atoms with van der Waals surface area (Å²) >= 11 is 0. The lowest BCUT2D eigenvalue weighted by Crippen LogP contribution is -2.00. The van der Waals surface area contributed by atoms with E-state index < -0.39 is 5.97 Å². The van der Waals surface area contributed by atoms with E-state index in [1.54, 1.807) is 6.07 Å². The SMILES string of the molecule is CCn1nc(C)c(/C=C/c2cc(C(=O)O)c3cc(C)ccc3n2)c1C. The van der Waals surface area contributed by atoms with E-state index in [0.717, 1.165) is 29.1 Å². The molecule has 0 bridgehead atoms. The fourth-order valence-corrected chi connectivity index (χ4v) is 3.05. The van der Waals surface area contributed by atoms with E-state index in [4.69, 9.17) is 0 Å². The molecule has 0 aliphatic carbocycles. The van der Waals surface area contributed by atoms with Crippen molar-refractivity contribution in [2.45, 2.75) is 34.2 Å². The molecule has 25 heavy (non-hydrogen) atoms. The van der Waals surface area contributed by atoms with Gasteiger partial charge in [-0.1, -0.05) is 11.6 Å². The minimum absolute atomic E-state index is 0.269. The van der Waals surface area contributed by atoms with Gasteiger partial charge in [0, 0.05) is 23.2 Å². The summed E-state index contributed by atoms with van der Waals surface area (Å²) in [4.78, 5) is 16.2. The average Bonchev–Trinajstić information content (AvgIpc) is 2.85. The van der Waals surface area contributed by atoms with E-state index in [9.17, 15) is 9.90 Å². The van der Waals surface area contributed by atoms with Gasteiger partial charge < -0.3 is 5.11 Å². The summed E-state index contributed by atoms with van der Waals surface area (Å²) in [6.45, 7) is 8.81. The Morgan fingerprint density at radius 1 is 1.20 bits per heavy atom. The zero-order chi connectivity index (χ0) is 18.1. The Morgan fingerprint density at radius 2 is 1.96 bits per heavy atom. The molecule has 0 fully saturated rings. The van der Waals surface area contributed by atoms with E-state index in [0.29, 0.717) is 16.6 Å². The summed E-state index contributed by atoms with van der Waals surface area (Å²) in [7, 11) is 0. The largest absolute Gasteiger partial charge is 0.478 e. The van der Waals surface area contributed by atoms with Gasteiger partial charge in [-0.25, -0.2) is 9.78 Å². The van der Waals surface area contributed by atoms with Crippen LogP contribution < -0.4 is 0 Å². The van der Waals surface area contributed by atoms with E-state index in [1.165, 1.54) is 0 Å². The Labute approximate surface area is 146 Å². The fourth-order valence-electron chi connectivity index (χ4n) is 3.05. The quantitative estimate of drug-likeness (QED) is 0.774. The molecule has 0 saturated heterocycles. The lowest BCUT2D eigenvalue weighted by Gasteiger charge is -2.05. The monoisotopic (exact) mass is 335 g/mol. The van der Waals surface area contributed by atoms with Crippen molar-refractivity contribution < 1.29 is 9.90 Å². The Hall–Kier alpha value is -2.95. The van der Waals surface area contributed by atoms with Crippen LogP contribution in [-0.2, 0) is 6.54 Å². The van der Waals surface area contributed by atoms with Crippen LogP contribution >= 0.6 is 0 Å². The molecular weight excluding hydrogens is 314 g/mol. The molecule has 0 unspecified atom stereocenters. The van der Waals surface area contributed by atoms with E-state index >= 15 is 0 Å². The number of aryl methyl sites for hydroxylation is 3. The molecule has 1 aromatic carbocycles. The van der Waals surface area contributed by atoms with Crippen molar-refractivity contribution in [3.63, 3.8) is 0 Å². The fraction of sp³-hybridized carbons (Fsp3) is 0.250. The molecule has 0 amide bonds. The highest BCUT2D eigenvalue weighted by atomic mass is 16.4. The van der Waals surface area contributed by atoms with Gasteiger partial charge in [-0.05, 0) is 58.0 Å². The van der Waals surface area contributed by atoms with Crippen LogP contribution in [0, 0.1) is 20.8 Å². The topological polar surface area (TPSA) is 68.0 Å². The maximum Gasteiger partial charge on any atom is 0.336 e. The van der Waals surface area contributed by atoms with E-state index in [-0.39, 0.29) is 5.56 Å². The van der Waals surface area contributed by atoms with Gasteiger partial charge in [0.15, 0.2) is 0 Å². The molecule has 0 atom stereocenters. The van der Waals surface area contributed by atoms with Crippen LogP contribution in [0.4, 0.5) is 0 Å². The first-order valence-corrected chi connectivity index (χ1v) is 8.27. The number of fused-ring (bicyclic) bond motifs is 1. The molecular formula is C20H21N3O2. The minimum atomic E-state index is -0.946. The average molecular weight is 335 g/mol. The number of hydrogen-bond donors (Lipinski definition) is 1. The van der Waals surface area contributed by atoms with Crippen molar-refractivity contribution in [1.82, 2.24) is 14.8 Å². The highest BCUT2D eigenvalue weighted by molar-refractivity contribution is 6.03. The van der Waals surface area contributed by atoms with Crippen molar-refractivity contribution >= 4 is 29.0 Å². The predicted octanol–water partition coefficient (Wildman–Crippen LogP) is 4.25. The summed E-state index contributed by atoms with van der Waals surface area (Å²) in [6.07, 6.45) is 3.81. The zero-order valence-electron chi connectivity index (χ0n) is 14.9. The molecule has 128 valence electrons. The van der Waals surface area contributed by atoms with Gasteiger partial charge >= 0.3 is 5.97 Å². The van der Waals surface area contributed by atoms with Gasteiger partial charge in [0.25, 0.3) is 0 Å². The van der Waals surface area contributed by atoms with Crippen LogP contribution in [-0.4, -0.2) is 25.8 Å². The Bertz CT molecular complexity index is 1000. The third kappa shape index (κ3) is 3.18. The maximum absolute atomic E-state index is 11.6. The van der Waals surface area contributed by atoms with Crippen molar-refractivity contribution in [3.8, 4) is 0 Å². The lowest BCUT2D eigenvalue weighted by atomic mass is 10.0. The highest BCUT2D eigenvalue weighted by Crippen LogP contribution is 2.22. The van der Waals surface area contributed by atoms with Gasteiger partial charge in [0.2, 0.25) is 0 Å². The van der Waals surface area contributed by atoms with Crippen LogP contribution in [0.3, 0.4) is 0 Å². The third-order valence-corrected chi connectivity index (χ3v) is 4.37. The molecule has 0 radical (unpaired) electrons. The first kappa shape index (κ1) is 16.9. The number of hydrogen-bond acceptors (Lipinski definition) is 3. The summed E-state index contributed by atoms with van der Waals surface area (Å²) in [5.74, 6) is -0.946. The molecule has 0 spiro atoms. The molecule has 1 N–H and O–H groups in total. The molecule has 0 saturated carbocycles. The number of benzene rings is 1. The van der Waals surface area contributed by atoms with Crippen LogP contribution in [0.15, 0.2) is 24.3 Å². The number of aromatic carboxylic acids is 1. The van der Waals surface area contributed by atoms with Crippen LogP contribution in [0.5, 0.6) is 0 Å². The zero-order valence-corrected chi connectivity index (χ0v) is 14.9. The number of aromatic nitrogens is 3. The van der Waals surface area contributed by atoms with Crippen molar-refractivity contribution in [2.75, 3.05) is 0 Å². The smallest absolute Gasteiger partial charge is 0.336 e. The maximum atomic E-state index is 11.6. The molecule has 2 heterocycles. The second-order valence-corrected chi connectivity index (χ2v) is 6.15. The number of carbonyl (C=O) groups is 1. The van der Waals surface area contributed by atoms with Gasteiger partial charge in [-0.2, -0.15) is 5.10 Å². The number of carboxylic acid groups (broad SMARTS) is 1. The normalized spacial score (nSPS) is 11.5. The second-order valence-electron chi connectivity index (χ2n) is 6.15. The highest BCUT2D eigenvalue weighted by Gasteiger charge is 2.12. The summed E-state index contributed by atoms with van der Waals surface area (Å²) in [5.41, 5.74) is 5.67. The first-order valence-electron chi connectivity index (χ1n) is 8.27. The first-order chi connectivity index (χ1) is 11.9. The molecule has 0 aliphatic rings. The van der Waals surface area contributed by atoms with Gasteiger partial charge in [0.05, 0.1) is 22.5 Å². The molecule has 3 aromatic rings. The molecule has 0 aliphatic heterocycles. The predicted molar refractivity (Wildman–Crippen MR) is 99.7 cm³/mol. The summed E-state index contributed by atoms with van der Waals surface area (Å²) in [6, 6.07) is 7.28. The Balaban J connectivity index is 2.09. The molecule has 3 rings (SSSR count). The van der Waals surface area contributed by atoms with Crippen LogP contribution in [0.2, 0.25) is 0 Å². The number of carboxylic acids is 1. The standard InChI is InChI=1S/C20H21N3O2/c1-5-23-14(4)16(13(3)22-23)8-7-15-11-18(20(24)25)17-10-12(2)6-9-19(17)21-15/h6-11H,5H2,1-4H3,(H,24,25)/b8-7+. The van der Waals surface area contributed by atoms with Gasteiger partial charge in [0.1, 0.15) is 0 Å². The minimum Gasteiger partial charge on any atom is -0.478 e. The van der Waals surface area contributed by atoms with E-state index in [2.05, 4.69) is 17.0 Å². The van der Waals surface area contributed by atoms with Crippen molar-refractivity contribution in [1.29, 1.82) is 0 Å². The summed E-state index contributed by atoms with van der Waals surface area (Å²) in [5, 5.41) is 14.7. The Kier molecular flexibility index (Phi) is 4.40. The third-order valence-electron chi connectivity index (χ3n) is 4.37. The van der Waals surface area contributed by atoms with Crippen LogP contribution in [0.1, 0.15) is 45.5 Å². The number of nitrogens with zero attached hydrogens (tertiary/aromatic N) is 3. The molecule has 5 nitrogen and oxygen atoms in total. The lowest BCUT2D eigenvalue weighted by molar-refractivity contribution is 0.0699. The number of pyridine rings is 1. The molecule has 5 heteroatoms.